The van der Waals surface area contributed by atoms with Crippen molar-refractivity contribution in [3.05, 3.63) is 52.8 Å². The van der Waals surface area contributed by atoms with Crippen molar-refractivity contribution in [1.82, 2.24) is 10.4 Å². The van der Waals surface area contributed by atoms with E-state index in [0.717, 1.165) is 0 Å². The molecule has 1 atom stereocenters. The molecule has 0 fully saturated rings. The van der Waals surface area contributed by atoms with E-state index in [-0.39, 0.29) is 11.3 Å². The van der Waals surface area contributed by atoms with Gasteiger partial charge in [-0.2, -0.15) is 5.10 Å². The molecule has 8 heteroatoms. The van der Waals surface area contributed by atoms with Gasteiger partial charge in [-0.1, -0.05) is 11.6 Å². The molecule has 1 aromatic heterocycles. The summed E-state index contributed by atoms with van der Waals surface area (Å²) in [7, 11) is 0. The number of carbonyl (C=O) groups is 1. The third kappa shape index (κ3) is 4.44. The first kappa shape index (κ1) is 17.3. The highest BCUT2D eigenvalue weighted by Crippen LogP contribution is 2.22. The van der Waals surface area contributed by atoms with Crippen LogP contribution in [0.4, 0.5) is 0 Å². The number of hydrogen-bond donors (Lipinski definition) is 2. The fourth-order valence-electron chi connectivity index (χ4n) is 1.76. The number of hydrazone groups is 1. The number of nitrogens with one attached hydrogen (secondary N) is 1. The molecule has 0 aliphatic carbocycles. The highest BCUT2D eigenvalue weighted by atomic mass is 35.5. The highest BCUT2D eigenvalue weighted by Gasteiger charge is 2.12. The maximum atomic E-state index is 12.1. The van der Waals surface area contributed by atoms with Gasteiger partial charge in [-0.25, -0.2) is 5.43 Å². The second kappa shape index (κ2) is 7.45. The van der Waals surface area contributed by atoms with Gasteiger partial charge in [-0.15, -0.1) is 0 Å². The predicted octanol–water partition coefficient (Wildman–Crippen LogP) is 2.33. The van der Waals surface area contributed by atoms with Gasteiger partial charge in [0.15, 0.2) is 4.90 Å². The lowest BCUT2D eigenvalue weighted by Crippen LogP contribution is -2.20. The molecule has 2 rings (SSSR count). The van der Waals surface area contributed by atoms with E-state index in [2.05, 4.69) is 15.5 Å². The van der Waals surface area contributed by atoms with Crippen LogP contribution in [0.1, 0.15) is 22.8 Å². The molecule has 0 spiro atoms. The van der Waals surface area contributed by atoms with Crippen LogP contribution in [0.5, 0.6) is 5.75 Å². The van der Waals surface area contributed by atoms with E-state index in [1.54, 1.807) is 19.1 Å². The average Bonchev–Trinajstić information content (AvgIpc) is 2.54. The Balaban J connectivity index is 2.17. The van der Waals surface area contributed by atoms with Crippen molar-refractivity contribution in [2.24, 2.45) is 5.10 Å². The van der Waals surface area contributed by atoms with Crippen LogP contribution in [-0.4, -0.2) is 32.5 Å². The van der Waals surface area contributed by atoms with E-state index in [4.69, 9.17) is 11.6 Å². The minimum atomic E-state index is -1.23. The van der Waals surface area contributed by atoms with Gasteiger partial charge in [-0.3, -0.25) is 9.78 Å². The first-order valence-corrected chi connectivity index (χ1v) is 8.44. The van der Waals surface area contributed by atoms with Crippen molar-refractivity contribution < 1.29 is 14.5 Å². The van der Waals surface area contributed by atoms with Crippen LogP contribution in [0.25, 0.3) is 0 Å². The topological polar surface area (TPSA) is 97.6 Å². The second-order valence-electron chi connectivity index (χ2n) is 4.66. The molecular formula is C15H14ClN3O3S. The summed E-state index contributed by atoms with van der Waals surface area (Å²) in [6, 6.07) is 6.03. The molecule has 2 aromatic rings. The van der Waals surface area contributed by atoms with E-state index in [9.17, 15) is 14.5 Å². The number of carbonyl (C=O) groups excluding carboxylic acids is 1. The fraction of sp³-hybridized carbons (Fsp3) is 0.133. The fourth-order valence-corrected chi connectivity index (χ4v) is 2.43. The number of phenols is 1. The van der Waals surface area contributed by atoms with Gasteiger partial charge < -0.3 is 9.66 Å². The minimum absolute atomic E-state index is 0.00921. The number of halogens is 1. The summed E-state index contributed by atoms with van der Waals surface area (Å²) in [6.07, 6.45) is 4.29. The molecule has 2 N–H and O–H groups in total. The van der Waals surface area contributed by atoms with Crippen LogP contribution in [0, 0.1) is 0 Å². The van der Waals surface area contributed by atoms with Crippen LogP contribution >= 0.6 is 11.6 Å². The summed E-state index contributed by atoms with van der Waals surface area (Å²) in [5, 5.41) is 14.2. The molecule has 0 aliphatic heterocycles. The maximum Gasteiger partial charge on any atom is 0.273 e. The van der Waals surface area contributed by atoms with E-state index in [1.165, 1.54) is 30.8 Å². The number of pyridine rings is 1. The van der Waals surface area contributed by atoms with Crippen molar-refractivity contribution in [2.75, 3.05) is 6.26 Å². The first-order chi connectivity index (χ1) is 10.9. The molecule has 0 aliphatic rings. The van der Waals surface area contributed by atoms with Crippen molar-refractivity contribution in [2.45, 2.75) is 11.8 Å². The van der Waals surface area contributed by atoms with E-state index < -0.39 is 17.1 Å². The van der Waals surface area contributed by atoms with Gasteiger partial charge >= 0.3 is 0 Å². The van der Waals surface area contributed by atoms with Crippen LogP contribution in [0.15, 0.2) is 46.7 Å². The predicted molar refractivity (Wildman–Crippen MR) is 89.4 cm³/mol. The van der Waals surface area contributed by atoms with Gasteiger partial charge in [0.2, 0.25) is 0 Å². The first-order valence-electron chi connectivity index (χ1n) is 6.50. The van der Waals surface area contributed by atoms with Gasteiger partial charge in [0.25, 0.3) is 5.91 Å². The molecule has 6 nitrogen and oxygen atoms in total. The molecule has 120 valence electrons. The maximum absolute atomic E-state index is 12.1. The summed E-state index contributed by atoms with van der Waals surface area (Å²) in [6.45, 7) is 1.63. The Morgan fingerprint density at radius 2 is 2.13 bits per heavy atom. The Morgan fingerprint density at radius 3 is 2.83 bits per heavy atom. The number of aromatic nitrogens is 1. The lowest BCUT2D eigenvalue weighted by molar-refractivity contribution is 0.0954. The zero-order chi connectivity index (χ0) is 17.0. The molecule has 23 heavy (non-hydrogen) atoms. The monoisotopic (exact) mass is 351 g/mol. The van der Waals surface area contributed by atoms with Gasteiger partial charge in [-0.05, 0) is 36.3 Å². The number of hydrogen-bond acceptors (Lipinski definition) is 5. The van der Waals surface area contributed by atoms with Gasteiger partial charge in [0.05, 0.1) is 17.5 Å². The van der Waals surface area contributed by atoms with Crippen LogP contribution in [0.2, 0.25) is 5.02 Å². The van der Waals surface area contributed by atoms with Crippen molar-refractivity contribution >= 4 is 34.4 Å². The molecule has 1 heterocycles. The normalized spacial score (nSPS) is 12.8. The third-order valence-corrected chi connectivity index (χ3v) is 4.10. The number of rotatable bonds is 4. The Hall–Kier alpha value is -2.09. The largest absolute Gasteiger partial charge is 0.612 e. The van der Waals surface area contributed by atoms with Crippen molar-refractivity contribution in [3.8, 4) is 5.75 Å². The van der Waals surface area contributed by atoms with Crippen LogP contribution in [-0.2, 0) is 11.2 Å². The van der Waals surface area contributed by atoms with Crippen LogP contribution < -0.4 is 5.43 Å². The molecule has 1 aromatic carbocycles. The number of benzene rings is 1. The molecule has 0 saturated carbocycles. The van der Waals surface area contributed by atoms with Crippen LogP contribution in [0.3, 0.4) is 0 Å². The quantitative estimate of drug-likeness (QED) is 0.502. The molecule has 0 radical (unpaired) electrons. The summed E-state index contributed by atoms with van der Waals surface area (Å²) in [5.41, 5.74) is 3.41. The van der Waals surface area contributed by atoms with E-state index >= 15 is 0 Å². The molecule has 1 amide bonds. The highest BCUT2D eigenvalue weighted by molar-refractivity contribution is 7.90. The second-order valence-corrected chi connectivity index (χ2v) is 6.48. The zero-order valence-corrected chi connectivity index (χ0v) is 14.0. The average molecular weight is 352 g/mol. The van der Waals surface area contributed by atoms with E-state index in [1.807, 2.05) is 0 Å². The number of nitrogens with zero attached hydrogens (tertiary/aromatic N) is 2. The standard InChI is InChI=1S/C15H14ClN3O3S/c1-9(13-6-11(16)3-4-14(13)20)18-19-15(21)10-5-12(23(2)22)8-17-7-10/h3-8,20H,1-2H3,(H,19,21)/b18-9+. The summed E-state index contributed by atoms with van der Waals surface area (Å²) in [4.78, 5) is 16.4. The molecule has 1 unspecified atom stereocenters. The Bertz CT molecular complexity index is 765. The Labute approximate surface area is 141 Å². The molecular weight excluding hydrogens is 338 g/mol. The zero-order valence-electron chi connectivity index (χ0n) is 12.4. The van der Waals surface area contributed by atoms with Crippen molar-refractivity contribution in [1.29, 1.82) is 0 Å². The SMILES string of the molecule is C/C(=N\NC(=O)c1cncc([S+](C)[O-])c1)c1cc(Cl)ccc1O. The number of amides is 1. The number of phenolic OH excluding ortho intramolecular Hbond substituents is 1. The van der Waals surface area contributed by atoms with E-state index in [0.29, 0.717) is 21.2 Å². The lowest BCUT2D eigenvalue weighted by Gasteiger charge is -2.07. The van der Waals surface area contributed by atoms with Crippen molar-refractivity contribution in [3.63, 3.8) is 0 Å². The summed E-state index contributed by atoms with van der Waals surface area (Å²) in [5.74, 6) is -0.486. The minimum Gasteiger partial charge on any atom is -0.612 e. The Kier molecular flexibility index (Phi) is 5.59. The number of aromatic hydroxyl groups is 1. The smallest absolute Gasteiger partial charge is 0.273 e. The third-order valence-electron chi connectivity index (χ3n) is 2.98. The lowest BCUT2D eigenvalue weighted by atomic mass is 10.1. The molecule has 0 bridgehead atoms. The summed E-state index contributed by atoms with van der Waals surface area (Å²) < 4.78 is 11.4. The van der Waals surface area contributed by atoms with Gasteiger partial charge in [0.1, 0.15) is 12.0 Å². The summed E-state index contributed by atoms with van der Waals surface area (Å²) >= 11 is 4.65. The van der Waals surface area contributed by atoms with Gasteiger partial charge in [0, 0.05) is 22.8 Å². The Morgan fingerprint density at radius 1 is 1.39 bits per heavy atom. The molecule has 0 saturated heterocycles.